The highest BCUT2D eigenvalue weighted by molar-refractivity contribution is 6.11. The number of para-hydroxylation sites is 2. The summed E-state index contributed by atoms with van der Waals surface area (Å²) in [5, 5.41) is 4.94. The van der Waals surface area contributed by atoms with Crippen molar-refractivity contribution in [3.05, 3.63) is 42.5 Å². The lowest BCUT2D eigenvalue weighted by Gasteiger charge is -2.06. The molecule has 6 heteroatoms. The summed E-state index contributed by atoms with van der Waals surface area (Å²) in [5.41, 5.74) is 14.3. The minimum Gasteiger partial charge on any atom is -0.353 e. The molecule has 0 saturated carbocycles. The highest BCUT2D eigenvalue weighted by atomic mass is 16.2. The van der Waals surface area contributed by atoms with Gasteiger partial charge in [0.05, 0.1) is 11.2 Å². The summed E-state index contributed by atoms with van der Waals surface area (Å²) in [7, 11) is 0. The van der Waals surface area contributed by atoms with E-state index in [0.717, 1.165) is 27.5 Å². The van der Waals surface area contributed by atoms with Gasteiger partial charge in [-0.25, -0.2) is 10.2 Å². The first-order valence-electron chi connectivity index (χ1n) is 5.72. The third kappa shape index (κ3) is 1.89. The fourth-order valence-electron chi connectivity index (χ4n) is 2.13. The lowest BCUT2D eigenvalue weighted by atomic mass is 10.1. The van der Waals surface area contributed by atoms with Crippen molar-refractivity contribution in [2.45, 2.75) is 0 Å². The van der Waals surface area contributed by atoms with Gasteiger partial charge in [-0.1, -0.05) is 35.4 Å². The van der Waals surface area contributed by atoms with E-state index in [-0.39, 0.29) is 0 Å². The molecular formula is C13H11N5O. The number of rotatable bonds is 2. The van der Waals surface area contributed by atoms with Crippen LogP contribution in [0.2, 0.25) is 0 Å². The van der Waals surface area contributed by atoms with Crippen LogP contribution in [0.15, 0.2) is 47.6 Å². The van der Waals surface area contributed by atoms with E-state index in [0.29, 0.717) is 0 Å². The molecule has 0 saturated heterocycles. The van der Waals surface area contributed by atoms with Gasteiger partial charge >= 0.3 is 6.03 Å². The minimum atomic E-state index is -0.742. The molecule has 2 aromatic carbocycles. The molecule has 94 valence electrons. The van der Waals surface area contributed by atoms with Crippen LogP contribution >= 0.6 is 0 Å². The number of urea groups is 1. The molecule has 0 aliphatic heterocycles. The van der Waals surface area contributed by atoms with Crippen LogP contribution in [-0.4, -0.2) is 11.0 Å². The Morgan fingerprint density at radius 2 is 1.89 bits per heavy atom. The Labute approximate surface area is 108 Å². The van der Waals surface area contributed by atoms with E-state index in [9.17, 15) is 4.79 Å². The Hall–Kier alpha value is -2.89. The van der Waals surface area contributed by atoms with E-state index < -0.39 is 6.03 Å². The third-order valence-electron chi connectivity index (χ3n) is 2.95. The van der Waals surface area contributed by atoms with Crippen LogP contribution in [0.25, 0.3) is 21.8 Å². The van der Waals surface area contributed by atoms with Crippen LogP contribution in [0.5, 0.6) is 0 Å². The Morgan fingerprint density at radius 3 is 2.74 bits per heavy atom. The number of carbonyl (C=O) groups is 1. The third-order valence-corrected chi connectivity index (χ3v) is 2.95. The van der Waals surface area contributed by atoms with E-state index in [1.54, 1.807) is 0 Å². The largest absolute Gasteiger partial charge is 0.377 e. The second-order valence-electron chi connectivity index (χ2n) is 4.07. The number of carbonyl (C=O) groups excluding carboxylic acids is 1. The van der Waals surface area contributed by atoms with Crippen LogP contribution in [-0.2, 0) is 0 Å². The normalized spacial score (nSPS) is 10.5. The summed E-state index contributed by atoms with van der Waals surface area (Å²) >= 11 is 0. The molecular weight excluding hydrogens is 242 g/mol. The fraction of sp³-hybridized carbons (Fsp3) is 0. The van der Waals surface area contributed by atoms with Gasteiger partial charge in [0, 0.05) is 16.3 Å². The summed E-state index contributed by atoms with van der Waals surface area (Å²) in [4.78, 5) is 14.3. The van der Waals surface area contributed by atoms with Crippen LogP contribution in [0.3, 0.4) is 0 Å². The van der Waals surface area contributed by atoms with Crippen LogP contribution in [0.1, 0.15) is 0 Å². The lowest BCUT2D eigenvalue weighted by molar-refractivity contribution is 0.249. The molecule has 0 atom stereocenters. The maximum Gasteiger partial charge on any atom is 0.377 e. The zero-order chi connectivity index (χ0) is 13.2. The first-order valence-corrected chi connectivity index (χ1v) is 5.72. The molecule has 0 fully saturated rings. The van der Waals surface area contributed by atoms with Crippen LogP contribution in [0, 0.1) is 5.53 Å². The number of nitrogens with zero attached hydrogens (tertiary/aromatic N) is 1. The van der Waals surface area contributed by atoms with Crippen molar-refractivity contribution >= 4 is 33.5 Å². The van der Waals surface area contributed by atoms with Gasteiger partial charge < -0.3 is 4.98 Å². The number of hydrogen-bond acceptors (Lipinski definition) is 3. The molecule has 4 N–H and O–H groups in total. The number of hydrazine groups is 1. The second-order valence-corrected chi connectivity index (χ2v) is 4.07. The summed E-state index contributed by atoms with van der Waals surface area (Å²) in [6.45, 7) is 0. The number of aromatic nitrogens is 1. The highest BCUT2D eigenvalue weighted by Crippen LogP contribution is 2.29. The van der Waals surface area contributed by atoms with Gasteiger partial charge in [-0.15, -0.1) is 0 Å². The number of nitrogens with one attached hydrogen (secondary N) is 4. The number of H-pyrrole nitrogens is 1. The average Bonchev–Trinajstić information content (AvgIpc) is 2.84. The van der Waals surface area contributed by atoms with Gasteiger partial charge in [-0.05, 0) is 12.1 Å². The van der Waals surface area contributed by atoms with Gasteiger partial charge in [0.1, 0.15) is 0 Å². The topological polar surface area (TPSA) is 93.1 Å². The van der Waals surface area contributed by atoms with Crippen molar-refractivity contribution < 1.29 is 4.79 Å². The lowest BCUT2D eigenvalue weighted by Crippen LogP contribution is -2.26. The molecule has 6 nitrogen and oxygen atoms in total. The molecule has 0 radical (unpaired) electrons. The van der Waals surface area contributed by atoms with E-state index in [4.69, 9.17) is 5.53 Å². The van der Waals surface area contributed by atoms with Gasteiger partial charge in [-0.3, -0.25) is 5.43 Å². The average molecular weight is 253 g/mol. The predicted octanol–water partition coefficient (Wildman–Crippen LogP) is 3.39. The molecule has 2 amide bonds. The van der Waals surface area contributed by atoms with E-state index in [2.05, 4.69) is 20.9 Å². The van der Waals surface area contributed by atoms with Crippen molar-refractivity contribution in [1.82, 2.24) is 10.4 Å². The number of hydrogen-bond donors (Lipinski definition) is 4. The maximum atomic E-state index is 11.0. The summed E-state index contributed by atoms with van der Waals surface area (Å²) < 4.78 is 0. The van der Waals surface area contributed by atoms with Crippen molar-refractivity contribution in [1.29, 1.82) is 5.53 Å². The van der Waals surface area contributed by atoms with Gasteiger partial charge in [0.15, 0.2) is 0 Å². The minimum absolute atomic E-state index is 0.728. The van der Waals surface area contributed by atoms with Crippen molar-refractivity contribution in [2.24, 2.45) is 5.11 Å². The standard InChI is InChI=1S/C13H11N5O/c14-16-13(19)18-17-11-7-3-5-9-8-4-1-2-6-10(8)15-12(9)11/h1-7,14-15,17H,(H,18,19). The number of amides is 2. The van der Waals surface area contributed by atoms with Crippen molar-refractivity contribution in [2.75, 3.05) is 5.43 Å². The van der Waals surface area contributed by atoms with Gasteiger partial charge in [0.2, 0.25) is 0 Å². The first kappa shape index (κ1) is 11.2. The quantitative estimate of drug-likeness (QED) is 0.416. The molecule has 3 aromatic rings. The predicted molar refractivity (Wildman–Crippen MR) is 73.1 cm³/mol. The Kier molecular flexibility index (Phi) is 2.60. The van der Waals surface area contributed by atoms with Crippen LogP contribution < -0.4 is 10.9 Å². The van der Waals surface area contributed by atoms with E-state index >= 15 is 0 Å². The van der Waals surface area contributed by atoms with Crippen molar-refractivity contribution in [3.63, 3.8) is 0 Å². The molecule has 1 aromatic heterocycles. The van der Waals surface area contributed by atoms with Crippen LogP contribution in [0.4, 0.5) is 10.5 Å². The molecule has 0 bridgehead atoms. The van der Waals surface area contributed by atoms with E-state index in [1.807, 2.05) is 42.5 Å². The van der Waals surface area contributed by atoms with E-state index in [1.165, 1.54) is 0 Å². The summed E-state index contributed by atoms with van der Waals surface area (Å²) in [6.07, 6.45) is 0. The Balaban J connectivity index is 2.10. The Bertz CT molecular complexity index is 777. The van der Waals surface area contributed by atoms with Crippen molar-refractivity contribution in [3.8, 4) is 0 Å². The summed E-state index contributed by atoms with van der Waals surface area (Å²) in [6, 6.07) is 13.0. The summed E-state index contributed by atoms with van der Waals surface area (Å²) in [5.74, 6) is 0. The van der Waals surface area contributed by atoms with Gasteiger partial charge in [-0.2, -0.15) is 5.53 Å². The molecule has 1 heterocycles. The number of benzene rings is 2. The smallest absolute Gasteiger partial charge is 0.353 e. The molecule has 0 aliphatic rings. The van der Waals surface area contributed by atoms with Gasteiger partial charge in [0.25, 0.3) is 0 Å². The molecule has 19 heavy (non-hydrogen) atoms. The number of anilines is 1. The maximum absolute atomic E-state index is 11.0. The molecule has 0 aliphatic carbocycles. The Morgan fingerprint density at radius 1 is 1.11 bits per heavy atom. The highest BCUT2D eigenvalue weighted by Gasteiger charge is 2.07. The zero-order valence-corrected chi connectivity index (χ0v) is 9.90. The number of aromatic amines is 1. The molecule has 0 unspecified atom stereocenters. The second kappa shape index (κ2) is 4.41. The first-order chi connectivity index (χ1) is 9.29. The molecule has 0 spiro atoms. The SMILES string of the molecule is N=NC(=O)NNc1cccc2c1[nH]c1ccccc12. The number of fused-ring (bicyclic) bond motifs is 3. The molecule has 3 rings (SSSR count). The fourth-order valence-corrected chi connectivity index (χ4v) is 2.13. The monoisotopic (exact) mass is 253 g/mol. The zero-order valence-electron chi connectivity index (χ0n) is 9.90.